The van der Waals surface area contributed by atoms with Crippen molar-refractivity contribution < 1.29 is 29.2 Å². The van der Waals surface area contributed by atoms with Crippen LogP contribution in [0.15, 0.2) is 0 Å². The number of hydrogen-bond donors (Lipinski definition) is 4. The third-order valence-corrected chi connectivity index (χ3v) is 4.19. The smallest absolute Gasteiger partial charge is 0.251 e. The van der Waals surface area contributed by atoms with E-state index >= 15 is 0 Å². The lowest BCUT2D eigenvalue weighted by atomic mass is 9.83. The molecular formula is C18H40N2O6. The zero-order chi connectivity index (χ0) is 20.9. The fraction of sp³-hybridized carbons (Fsp3) is 0.944. The summed E-state index contributed by atoms with van der Waals surface area (Å²) >= 11 is 0. The average molecular weight is 381 g/mol. The number of carbonyl (C=O) groups excluding carboxylic acids is 1. The molecule has 0 saturated heterocycles. The monoisotopic (exact) mass is 380 g/mol. The fourth-order valence-corrected chi connectivity index (χ4v) is 2.90. The van der Waals surface area contributed by atoms with Gasteiger partial charge in [0.05, 0.1) is 12.1 Å². The molecule has 1 saturated carbocycles. The first-order chi connectivity index (χ1) is 12.4. The van der Waals surface area contributed by atoms with Crippen LogP contribution in [0.1, 0.15) is 47.5 Å². The highest BCUT2D eigenvalue weighted by atomic mass is 16.6. The summed E-state index contributed by atoms with van der Waals surface area (Å²) in [6, 6.07) is -0.789. The van der Waals surface area contributed by atoms with Crippen molar-refractivity contribution in [2.45, 2.75) is 90.1 Å². The van der Waals surface area contributed by atoms with E-state index in [1.807, 2.05) is 27.7 Å². The Morgan fingerprint density at radius 2 is 1.50 bits per heavy atom. The highest BCUT2D eigenvalue weighted by molar-refractivity contribution is 5.81. The fourth-order valence-electron chi connectivity index (χ4n) is 2.90. The number of amides is 1. The highest BCUT2D eigenvalue weighted by Gasteiger charge is 2.45. The molecule has 3 unspecified atom stereocenters. The van der Waals surface area contributed by atoms with Crippen molar-refractivity contribution in [2.75, 3.05) is 21.3 Å². The standard InChI is InChI=1S/C14H28N2O6.2C2H6/c1-5-9(17)10(18)14(19)16-8-6-7(15)11(20-2)13(22-4)12(8)21-3;2*1-2/h7-13,17-18H,5-6,15H2,1-4H3,(H,16,19);2*1-2H3/t7-,8+,9?,10?,11+,12?,13-;;/m0../s1. The Bertz CT molecular complexity index is 359. The molecule has 0 radical (unpaired) electrons. The van der Waals surface area contributed by atoms with Crippen molar-refractivity contribution in [3.05, 3.63) is 0 Å². The molecular weight excluding hydrogens is 340 g/mol. The SMILES string of the molecule is CC.CC.CCC(O)C(O)C(=O)N[C@@H]1C[C@H](N)[C@@H](OC)[C@H](OC)C1OC. The van der Waals surface area contributed by atoms with Gasteiger partial charge in [0.1, 0.15) is 18.3 Å². The largest absolute Gasteiger partial charge is 0.390 e. The molecule has 0 aromatic rings. The van der Waals surface area contributed by atoms with E-state index in [2.05, 4.69) is 5.32 Å². The summed E-state index contributed by atoms with van der Waals surface area (Å²) in [7, 11) is 4.58. The molecule has 0 heterocycles. The summed E-state index contributed by atoms with van der Waals surface area (Å²) in [5.74, 6) is -0.653. The zero-order valence-corrected chi connectivity index (χ0v) is 17.6. The first-order valence-electron chi connectivity index (χ1n) is 9.41. The van der Waals surface area contributed by atoms with Crippen LogP contribution in [0.4, 0.5) is 0 Å². The van der Waals surface area contributed by atoms with Gasteiger partial charge in [0, 0.05) is 27.4 Å². The lowest BCUT2D eigenvalue weighted by molar-refractivity contribution is -0.154. The second-order valence-electron chi connectivity index (χ2n) is 5.54. The Morgan fingerprint density at radius 3 is 1.88 bits per heavy atom. The maximum absolute atomic E-state index is 12.0. The number of hydrogen-bond acceptors (Lipinski definition) is 7. The second-order valence-corrected chi connectivity index (χ2v) is 5.54. The van der Waals surface area contributed by atoms with Gasteiger partial charge in [0.25, 0.3) is 5.91 Å². The molecule has 8 heteroatoms. The van der Waals surface area contributed by atoms with Crippen molar-refractivity contribution in [2.24, 2.45) is 5.73 Å². The van der Waals surface area contributed by atoms with Crippen molar-refractivity contribution in [3.63, 3.8) is 0 Å². The molecule has 1 fully saturated rings. The minimum atomic E-state index is -1.49. The van der Waals surface area contributed by atoms with Crippen LogP contribution in [-0.4, -0.2) is 80.1 Å². The van der Waals surface area contributed by atoms with Gasteiger partial charge in [0.2, 0.25) is 0 Å². The molecule has 26 heavy (non-hydrogen) atoms. The van der Waals surface area contributed by atoms with Gasteiger partial charge >= 0.3 is 0 Å². The summed E-state index contributed by atoms with van der Waals surface area (Å²) in [6.45, 7) is 9.68. The van der Waals surface area contributed by atoms with E-state index in [4.69, 9.17) is 19.9 Å². The lowest BCUT2D eigenvalue weighted by Gasteiger charge is -2.44. The second kappa shape index (κ2) is 15.3. The molecule has 0 spiro atoms. The Morgan fingerprint density at radius 1 is 1.04 bits per heavy atom. The predicted octanol–water partition coefficient (Wildman–Crippen LogP) is 0.431. The quantitative estimate of drug-likeness (QED) is 0.505. The van der Waals surface area contributed by atoms with Gasteiger partial charge in [0.15, 0.2) is 6.10 Å². The first kappa shape index (κ1) is 27.4. The van der Waals surface area contributed by atoms with Crippen molar-refractivity contribution >= 4 is 5.91 Å². The molecule has 1 aliphatic rings. The molecule has 1 amide bonds. The summed E-state index contributed by atoms with van der Waals surface area (Å²) < 4.78 is 16.2. The van der Waals surface area contributed by atoms with Gasteiger partial charge in [-0.05, 0) is 12.8 Å². The number of rotatable bonds is 7. The Hall–Kier alpha value is -0.770. The van der Waals surface area contributed by atoms with Gasteiger partial charge < -0.3 is 35.5 Å². The van der Waals surface area contributed by atoms with E-state index in [-0.39, 0.29) is 18.6 Å². The van der Waals surface area contributed by atoms with Crippen LogP contribution in [-0.2, 0) is 19.0 Å². The van der Waals surface area contributed by atoms with E-state index in [1.165, 1.54) is 14.2 Å². The molecule has 0 aromatic carbocycles. The van der Waals surface area contributed by atoms with Crippen LogP contribution in [0, 0.1) is 0 Å². The van der Waals surface area contributed by atoms with E-state index < -0.39 is 36.4 Å². The third-order valence-electron chi connectivity index (χ3n) is 4.19. The van der Waals surface area contributed by atoms with E-state index in [1.54, 1.807) is 14.0 Å². The summed E-state index contributed by atoms with van der Waals surface area (Å²) in [5, 5.41) is 22.0. The first-order valence-corrected chi connectivity index (χ1v) is 9.41. The maximum atomic E-state index is 12.0. The summed E-state index contributed by atoms with van der Waals surface area (Å²) in [6.07, 6.45) is -3.17. The van der Waals surface area contributed by atoms with Crippen LogP contribution >= 0.6 is 0 Å². The van der Waals surface area contributed by atoms with Gasteiger partial charge in [-0.3, -0.25) is 4.79 Å². The molecule has 158 valence electrons. The number of carbonyl (C=O) groups is 1. The number of aliphatic hydroxyl groups excluding tert-OH is 2. The van der Waals surface area contributed by atoms with Crippen molar-refractivity contribution in [3.8, 4) is 0 Å². The molecule has 0 aliphatic heterocycles. The third kappa shape index (κ3) is 7.46. The predicted molar refractivity (Wildman–Crippen MR) is 102 cm³/mol. The highest BCUT2D eigenvalue weighted by Crippen LogP contribution is 2.26. The molecule has 8 nitrogen and oxygen atoms in total. The normalized spacial score (nSPS) is 30.0. The Labute approximate surface area is 158 Å². The molecule has 5 N–H and O–H groups in total. The van der Waals surface area contributed by atoms with Gasteiger partial charge in [-0.25, -0.2) is 0 Å². The molecule has 7 atom stereocenters. The van der Waals surface area contributed by atoms with Crippen molar-refractivity contribution in [1.29, 1.82) is 0 Å². The summed E-state index contributed by atoms with van der Waals surface area (Å²) in [5.41, 5.74) is 6.08. The number of ether oxygens (including phenoxy) is 3. The topological polar surface area (TPSA) is 123 Å². The van der Waals surface area contributed by atoms with Gasteiger partial charge in [-0.1, -0.05) is 34.6 Å². The molecule has 1 aliphatic carbocycles. The van der Waals surface area contributed by atoms with Crippen LogP contribution < -0.4 is 11.1 Å². The van der Waals surface area contributed by atoms with Gasteiger partial charge in [-0.2, -0.15) is 0 Å². The summed E-state index contributed by atoms with van der Waals surface area (Å²) in [4.78, 5) is 12.0. The van der Waals surface area contributed by atoms with E-state index in [0.29, 0.717) is 6.42 Å². The number of nitrogens with one attached hydrogen (secondary N) is 1. The number of aliphatic hydroxyl groups is 2. The molecule has 0 aromatic heterocycles. The Balaban J connectivity index is 0. The van der Waals surface area contributed by atoms with Crippen LogP contribution in [0.5, 0.6) is 0 Å². The number of methoxy groups -OCH3 is 3. The van der Waals surface area contributed by atoms with E-state index in [0.717, 1.165) is 0 Å². The maximum Gasteiger partial charge on any atom is 0.251 e. The minimum absolute atomic E-state index is 0.277. The van der Waals surface area contributed by atoms with Crippen LogP contribution in [0.25, 0.3) is 0 Å². The van der Waals surface area contributed by atoms with Crippen LogP contribution in [0.2, 0.25) is 0 Å². The Kier molecular flexibility index (Phi) is 16.2. The lowest BCUT2D eigenvalue weighted by Crippen LogP contribution is -2.65. The molecule has 1 rings (SSSR count). The number of nitrogens with two attached hydrogens (primary N) is 1. The van der Waals surface area contributed by atoms with E-state index in [9.17, 15) is 15.0 Å². The van der Waals surface area contributed by atoms with Gasteiger partial charge in [-0.15, -0.1) is 0 Å². The average Bonchev–Trinajstić information content (AvgIpc) is 2.69. The zero-order valence-electron chi connectivity index (χ0n) is 17.6. The van der Waals surface area contributed by atoms with Crippen molar-refractivity contribution in [1.82, 2.24) is 5.32 Å². The van der Waals surface area contributed by atoms with Crippen LogP contribution in [0.3, 0.4) is 0 Å². The minimum Gasteiger partial charge on any atom is -0.390 e. The molecule has 0 bridgehead atoms.